The van der Waals surface area contributed by atoms with Crippen LogP contribution in [0.25, 0.3) is 10.9 Å². The van der Waals surface area contributed by atoms with Gasteiger partial charge in [0, 0.05) is 37.4 Å². The van der Waals surface area contributed by atoms with Crippen molar-refractivity contribution in [1.82, 2.24) is 14.5 Å². The number of nitrogens with zero attached hydrogens (tertiary/aromatic N) is 4. The number of pyridine rings is 1. The van der Waals surface area contributed by atoms with E-state index >= 15 is 4.39 Å². The number of aromatic carboxylic acids is 1. The summed E-state index contributed by atoms with van der Waals surface area (Å²) in [5, 5.41) is 16.3. The predicted octanol–water partition coefficient (Wildman–Crippen LogP) is 3.16. The number of anilines is 3. The lowest BCUT2D eigenvalue weighted by molar-refractivity contribution is 0.0694. The molecule has 0 amide bonds. The van der Waals surface area contributed by atoms with E-state index in [2.05, 4.69) is 20.6 Å². The van der Waals surface area contributed by atoms with Crippen LogP contribution in [0.3, 0.4) is 0 Å². The number of hydrogen-bond donors (Lipinski definition) is 3. The Balaban J connectivity index is 1.32. The fourth-order valence-electron chi connectivity index (χ4n) is 5.10. The van der Waals surface area contributed by atoms with Crippen molar-refractivity contribution in [2.75, 3.05) is 35.2 Å². The van der Waals surface area contributed by atoms with E-state index in [1.54, 1.807) is 4.57 Å². The summed E-state index contributed by atoms with van der Waals surface area (Å²) in [6.07, 6.45) is 4.39. The van der Waals surface area contributed by atoms with Crippen LogP contribution in [0.15, 0.2) is 23.1 Å². The van der Waals surface area contributed by atoms with Gasteiger partial charge in [0.25, 0.3) is 0 Å². The average molecular weight is 495 g/mol. The summed E-state index contributed by atoms with van der Waals surface area (Å²) in [4.78, 5) is 35.3. The first-order valence-electron chi connectivity index (χ1n) is 12.2. The standard InChI is InChI=1S/C25H27FN6O4/c1-12-11-36-24-21-16(23(33)17(25(34)35)10-32(12)21)7-18(26)22(24)31-6-5-15(9-31)30-20-8-19(27-13(2)28-20)29-14-3-4-14/h7-8,10,12,14-15H,3-6,9,11H2,1-2H3,(H,34,35)(H2,27,28,29,30)/t12-,15+/m0/s1. The first kappa shape index (κ1) is 22.6. The summed E-state index contributed by atoms with van der Waals surface area (Å²) in [6, 6.07) is 3.34. The maximum Gasteiger partial charge on any atom is 0.341 e. The van der Waals surface area contributed by atoms with Gasteiger partial charge in [-0.15, -0.1) is 0 Å². The van der Waals surface area contributed by atoms with Crippen LogP contribution in [-0.2, 0) is 0 Å². The molecule has 188 valence electrons. The number of nitrogens with one attached hydrogen (secondary N) is 2. The van der Waals surface area contributed by atoms with Crippen LogP contribution >= 0.6 is 0 Å². The molecule has 0 spiro atoms. The molecule has 6 rings (SSSR count). The number of benzene rings is 1. The van der Waals surface area contributed by atoms with Crippen molar-refractivity contribution in [3.05, 3.63) is 45.8 Å². The third-order valence-corrected chi connectivity index (χ3v) is 7.00. The first-order chi connectivity index (χ1) is 17.3. The molecule has 1 saturated heterocycles. The van der Waals surface area contributed by atoms with Gasteiger partial charge in [0.1, 0.15) is 35.3 Å². The van der Waals surface area contributed by atoms with Gasteiger partial charge in [-0.05, 0) is 39.2 Å². The number of halogens is 1. The molecule has 0 bridgehead atoms. The Labute approximate surface area is 206 Å². The molecule has 3 aromatic rings. The zero-order valence-electron chi connectivity index (χ0n) is 20.0. The Hall–Kier alpha value is -3.89. The minimum Gasteiger partial charge on any atom is -0.487 e. The highest BCUT2D eigenvalue weighted by molar-refractivity contribution is 5.97. The molecule has 3 N–H and O–H groups in total. The molecule has 0 unspecified atom stereocenters. The summed E-state index contributed by atoms with van der Waals surface area (Å²) in [5.41, 5.74) is -0.368. The molecule has 2 fully saturated rings. The Morgan fingerprint density at radius 1 is 1.17 bits per heavy atom. The van der Waals surface area contributed by atoms with Crippen LogP contribution in [0, 0.1) is 12.7 Å². The van der Waals surface area contributed by atoms with Gasteiger partial charge in [-0.25, -0.2) is 19.2 Å². The molecule has 0 radical (unpaired) electrons. The van der Waals surface area contributed by atoms with E-state index in [0.717, 1.165) is 37.0 Å². The lowest BCUT2D eigenvalue weighted by Crippen LogP contribution is -2.30. The second-order valence-electron chi connectivity index (χ2n) is 9.86. The third-order valence-electron chi connectivity index (χ3n) is 7.00. The van der Waals surface area contributed by atoms with E-state index in [-0.39, 0.29) is 35.4 Å². The van der Waals surface area contributed by atoms with Crippen LogP contribution in [0.5, 0.6) is 5.75 Å². The number of aromatic nitrogens is 3. The quantitative estimate of drug-likeness (QED) is 0.474. The zero-order chi connectivity index (χ0) is 25.1. The largest absolute Gasteiger partial charge is 0.487 e. The smallest absolute Gasteiger partial charge is 0.341 e. The van der Waals surface area contributed by atoms with Gasteiger partial charge < -0.3 is 29.9 Å². The number of ether oxygens (including phenoxy) is 1. The van der Waals surface area contributed by atoms with Crippen LogP contribution in [0.1, 0.15) is 48.4 Å². The Morgan fingerprint density at radius 2 is 1.89 bits per heavy atom. The van der Waals surface area contributed by atoms with E-state index < -0.39 is 17.2 Å². The highest BCUT2D eigenvalue weighted by Crippen LogP contribution is 2.43. The highest BCUT2D eigenvalue weighted by Gasteiger charge is 2.33. The van der Waals surface area contributed by atoms with Gasteiger partial charge in [0.2, 0.25) is 5.43 Å². The van der Waals surface area contributed by atoms with Gasteiger partial charge in [0.05, 0.1) is 16.9 Å². The highest BCUT2D eigenvalue weighted by atomic mass is 19.1. The van der Waals surface area contributed by atoms with Crippen molar-refractivity contribution in [1.29, 1.82) is 0 Å². The number of hydrogen-bond acceptors (Lipinski definition) is 8. The summed E-state index contributed by atoms with van der Waals surface area (Å²) in [6.45, 7) is 5.06. The van der Waals surface area contributed by atoms with E-state index in [0.29, 0.717) is 36.2 Å². The van der Waals surface area contributed by atoms with Crippen molar-refractivity contribution >= 4 is 34.2 Å². The van der Waals surface area contributed by atoms with Gasteiger partial charge in [0.15, 0.2) is 11.6 Å². The van der Waals surface area contributed by atoms with Crippen molar-refractivity contribution in [2.45, 2.75) is 51.2 Å². The molecule has 1 aromatic carbocycles. The van der Waals surface area contributed by atoms with E-state index in [9.17, 15) is 14.7 Å². The second-order valence-corrected chi connectivity index (χ2v) is 9.86. The molecular formula is C25H27FN6O4. The maximum atomic E-state index is 15.5. The molecule has 4 heterocycles. The van der Waals surface area contributed by atoms with Gasteiger partial charge in [-0.3, -0.25) is 4.79 Å². The summed E-state index contributed by atoms with van der Waals surface area (Å²) in [5.74, 6) is 0.536. The fraction of sp³-hybridized carbons (Fsp3) is 0.440. The zero-order valence-corrected chi connectivity index (χ0v) is 20.0. The minimum absolute atomic E-state index is 0.0127. The monoisotopic (exact) mass is 494 g/mol. The molecule has 2 aromatic heterocycles. The van der Waals surface area contributed by atoms with Crippen LogP contribution in [-0.4, -0.2) is 57.4 Å². The third kappa shape index (κ3) is 3.88. The van der Waals surface area contributed by atoms with Crippen LogP contribution in [0.4, 0.5) is 21.7 Å². The lowest BCUT2D eigenvalue weighted by Gasteiger charge is -2.31. The number of carbonyl (C=O) groups is 1. The van der Waals surface area contributed by atoms with Crippen molar-refractivity contribution < 1.29 is 19.0 Å². The average Bonchev–Trinajstić information content (AvgIpc) is 3.52. The molecule has 3 aliphatic rings. The summed E-state index contributed by atoms with van der Waals surface area (Å²) < 4.78 is 23.2. The Morgan fingerprint density at radius 3 is 2.58 bits per heavy atom. The van der Waals surface area contributed by atoms with Crippen molar-refractivity contribution in [3.63, 3.8) is 0 Å². The fourth-order valence-corrected chi connectivity index (χ4v) is 5.10. The van der Waals surface area contributed by atoms with E-state index in [1.165, 1.54) is 6.20 Å². The van der Waals surface area contributed by atoms with Gasteiger partial charge >= 0.3 is 5.97 Å². The minimum atomic E-state index is -1.33. The summed E-state index contributed by atoms with van der Waals surface area (Å²) in [7, 11) is 0. The summed E-state index contributed by atoms with van der Waals surface area (Å²) >= 11 is 0. The molecule has 10 nitrogen and oxygen atoms in total. The lowest BCUT2D eigenvalue weighted by atomic mass is 10.1. The molecule has 1 saturated carbocycles. The topological polar surface area (TPSA) is 122 Å². The van der Waals surface area contributed by atoms with Crippen LogP contribution in [0.2, 0.25) is 0 Å². The first-order valence-corrected chi connectivity index (χ1v) is 12.2. The second kappa shape index (κ2) is 8.35. The Bertz CT molecular complexity index is 1450. The van der Waals surface area contributed by atoms with Crippen molar-refractivity contribution in [2.24, 2.45) is 0 Å². The number of aryl methyl sites for hydroxylation is 1. The van der Waals surface area contributed by atoms with Crippen LogP contribution < -0.4 is 25.7 Å². The van der Waals surface area contributed by atoms with Gasteiger partial charge in [-0.1, -0.05) is 0 Å². The van der Waals surface area contributed by atoms with E-state index in [1.807, 2.05) is 24.8 Å². The predicted molar refractivity (Wildman–Crippen MR) is 133 cm³/mol. The number of rotatable bonds is 6. The maximum absolute atomic E-state index is 15.5. The number of carboxylic acid groups (broad SMARTS) is 1. The molecule has 11 heteroatoms. The van der Waals surface area contributed by atoms with E-state index in [4.69, 9.17) is 4.74 Å². The normalized spacial score (nSPS) is 20.9. The van der Waals surface area contributed by atoms with Crippen molar-refractivity contribution in [3.8, 4) is 5.75 Å². The molecule has 36 heavy (non-hydrogen) atoms. The number of carboxylic acids is 1. The SMILES string of the molecule is Cc1nc(NC2CC2)cc(N[C@@H]2CCN(c3c(F)cc4c(=O)c(C(=O)O)cn5c4c3OC[C@@H]5C)C2)n1. The molecular weight excluding hydrogens is 467 g/mol. The molecule has 2 atom stereocenters. The Kier molecular flexibility index (Phi) is 5.24. The molecule has 2 aliphatic heterocycles. The molecule has 1 aliphatic carbocycles. The van der Waals surface area contributed by atoms with Gasteiger partial charge in [-0.2, -0.15) is 0 Å².